The minimum atomic E-state index is -0.543. The van der Waals surface area contributed by atoms with E-state index in [0.717, 1.165) is 9.75 Å². The smallest absolute Gasteiger partial charge is 0.340 e. The fourth-order valence-electron chi connectivity index (χ4n) is 2.41. The van der Waals surface area contributed by atoms with Gasteiger partial charge in [-0.3, -0.25) is 9.59 Å². The third-order valence-corrected chi connectivity index (χ3v) is 5.42. The van der Waals surface area contributed by atoms with Gasteiger partial charge in [-0.1, -0.05) is 12.1 Å². The number of carbonyl (C=O) groups excluding carboxylic acids is 3. The molecule has 0 aliphatic carbocycles. The maximum Gasteiger partial charge on any atom is 0.340 e. The highest BCUT2D eigenvalue weighted by molar-refractivity contribution is 7.12. The molecule has 0 saturated heterocycles. The zero-order valence-electron chi connectivity index (χ0n) is 15.0. The van der Waals surface area contributed by atoms with E-state index >= 15 is 0 Å². The van der Waals surface area contributed by atoms with Gasteiger partial charge < -0.3 is 10.1 Å². The number of hydrogen-bond donors (Lipinski definition) is 1. The largest absolute Gasteiger partial charge is 0.454 e. The number of carbonyl (C=O) groups is 3. The number of ether oxygens (including phenoxy) is 1. The average molecular weight is 412 g/mol. The van der Waals surface area contributed by atoms with Crippen LogP contribution in [0.25, 0.3) is 11.6 Å². The quantitative estimate of drug-likeness (QED) is 0.346. The van der Waals surface area contributed by atoms with E-state index in [1.54, 1.807) is 30.3 Å². The molecule has 3 rings (SSSR count). The van der Waals surface area contributed by atoms with E-state index in [4.69, 9.17) is 4.74 Å². The number of benzene rings is 1. The van der Waals surface area contributed by atoms with Crippen LogP contribution in [-0.2, 0) is 14.3 Å². The lowest BCUT2D eigenvalue weighted by atomic mass is 10.1. The highest BCUT2D eigenvalue weighted by Crippen LogP contribution is 2.26. The standard InChI is InChI=1S/C21H17NO4S2/c1-14(23)22-16-8-6-15(7-9-16)19(24)13-26-21(25)18(20-5-3-11-28-20)12-17-4-2-10-27-17/h2-12H,13H2,1H3,(H,22,23)/b18-12+. The molecule has 1 aromatic carbocycles. The summed E-state index contributed by atoms with van der Waals surface area (Å²) in [6.07, 6.45) is 1.77. The Labute approximate surface area is 170 Å². The van der Waals surface area contributed by atoms with Crippen molar-refractivity contribution < 1.29 is 19.1 Å². The molecule has 2 aromatic heterocycles. The first kappa shape index (κ1) is 19.7. The van der Waals surface area contributed by atoms with Gasteiger partial charge in [0.15, 0.2) is 12.4 Å². The maximum absolute atomic E-state index is 12.6. The molecule has 0 spiro atoms. The van der Waals surface area contributed by atoms with Crippen LogP contribution in [0.15, 0.2) is 59.3 Å². The summed E-state index contributed by atoms with van der Waals surface area (Å²) in [6.45, 7) is 1.05. The molecule has 5 nitrogen and oxygen atoms in total. The van der Waals surface area contributed by atoms with E-state index in [1.807, 2.05) is 35.0 Å². The Morgan fingerprint density at radius 3 is 2.32 bits per heavy atom. The van der Waals surface area contributed by atoms with Crippen LogP contribution in [0.1, 0.15) is 27.0 Å². The van der Waals surface area contributed by atoms with Crippen molar-refractivity contribution in [1.29, 1.82) is 0 Å². The second kappa shape index (κ2) is 9.25. The Balaban J connectivity index is 1.67. The number of anilines is 1. The van der Waals surface area contributed by atoms with E-state index in [2.05, 4.69) is 5.32 Å². The van der Waals surface area contributed by atoms with Gasteiger partial charge >= 0.3 is 5.97 Å². The molecule has 2 heterocycles. The summed E-state index contributed by atoms with van der Waals surface area (Å²) in [6, 6.07) is 13.9. The van der Waals surface area contributed by atoms with E-state index in [-0.39, 0.29) is 18.3 Å². The monoisotopic (exact) mass is 411 g/mol. The van der Waals surface area contributed by atoms with Gasteiger partial charge in [0.2, 0.25) is 5.91 Å². The molecule has 0 saturated carbocycles. The van der Waals surface area contributed by atoms with Gasteiger partial charge in [-0.05, 0) is 53.2 Å². The summed E-state index contributed by atoms with van der Waals surface area (Å²) >= 11 is 2.95. The van der Waals surface area contributed by atoms with Crippen molar-refractivity contribution >= 4 is 57.7 Å². The number of amides is 1. The number of thiophene rings is 2. The van der Waals surface area contributed by atoms with Gasteiger partial charge in [-0.2, -0.15) is 0 Å². The molecule has 3 aromatic rings. The van der Waals surface area contributed by atoms with E-state index in [0.29, 0.717) is 16.8 Å². The molecule has 0 unspecified atom stereocenters. The number of rotatable bonds is 7. The molecule has 1 amide bonds. The molecular weight excluding hydrogens is 394 g/mol. The molecule has 0 bridgehead atoms. The highest BCUT2D eigenvalue weighted by Gasteiger charge is 2.17. The fourth-order valence-corrected chi connectivity index (χ4v) is 3.80. The van der Waals surface area contributed by atoms with Crippen LogP contribution in [0.5, 0.6) is 0 Å². The lowest BCUT2D eigenvalue weighted by molar-refractivity contribution is -0.135. The number of esters is 1. The first-order chi connectivity index (χ1) is 13.5. The van der Waals surface area contributed by atoms with Gasteiger partial charge in [0.05, 0.1) is 5.57 Å². The van der Waals surface area contributed by atoms with Gasteiger partial charge in [0.25, 0.3) is 0 Å². The van der Waals surface area contributed by atoms with Gasteiger partial charge in [-0.25, -0.2) is 4.79 Å². The molecule has 142 valence electrons. The highest BCUT2D eigenvalue weighted by atomic mass is 32.1. The summed E-state index contributed by atoms with van der Waals surface area (Å²) in [7, 11) is 0. The van der Waals surface area contributed by atoms with Crippen molar-refractivity contribution in [1.82, 2.24) is 0 Å². The van der Waals surface area contributed by atoms with Crippen LogP contribution >= 0.6 is 22.7 Å². The summed E-state index contributed by atoms with van der Waals surface area (Å²) in [5.74, 6) is -1.05. The maximum atomic E-state index is 12.6. The third-order valence-electron chi connectivity index (χ3n) is 3.70. The van der Waals surface area contributed by atoms with Gasteiger partial charge in [0, 0.05) is 27.9 Å². The summed E-state index contributed by atoms with van der Waals surface area (Å²) < 4.78 is 5.27. The minimum Gasteiger partial charge on any atom is -0.454 e. The predicted molar refractivity (Wildman–Crippen MR) is 113 cm³/mol. The molecule has 28 heavy (non-hydrogen) atoms. The second-order valence-corrected chi connectivity index (χ2v) is 7.74. The fraction of sp³-hybridized carbons (Fsp3) is 0.0952. The number of ketones is 1. The second-order valence-electron chi connectivity index (χ2n) is 5.81. The zero-order valence-corrected chi connectivity index (χ0v) is 16.6. The van der Waals surface area contributed by atoms with Crippen LogP contribution in [-0.4, -0.2) is 24.3 Å². The Bertz CT molecular complexity index is 988. The predicted octanol–water partition coefficient (Wildman–Crippen LogP) is 4.73. The molecule has 0 atom stereocenters. The molecule has 7 heteroatoms. The molecule has 0 aliphatic heterocycles. The van der Waals surface area contributed by atoms with E-state index in [9.17, 15) is 14.4 Å². The molecule has 1 N–H and O–H groups in total. The number of hydrogen-bond acceptors (Lipinski definition) is 6. The first-order valence-corrected chi connectivity index (χ1v) is 10.2. The van der Waals surface area contributed by atoms with Gasteiger partial charge in [-0.15, -0.1) is 22.7 Å². The summed E-state index contributed by atoms with van der Waals surface area (Å²) in [5, 5.41) is 6.44. The Hall–Kier alpha value is -3.03. The van der Waals surface area contributed by atoms with Crippen LogP contribution in [0.3, 0.4) is 0 Å². The van der Waals surface area contributed by atoms with Gasteiger partial charge in [0.1, 0.15) is 0 Å². The van der Waals surface area contributed by atoms with Crippen LogP contribution in [0.2, 0.25) is 0 Å². The topological polar surface area (TPSA) is 72.5 Å². The molecule has 0 fully saturated rings. The van der Waals surface area contributed by atoms with Crippen LogP contribution in [0, 0.1) is 0 Å². The Kier molecular flexibility index (Phi) is 6.52. The van der Waals surface area contributed by atoms with Crippen LogP contribution < -0.4 is 5.32 Å². The lowest BCUT2D eigenvalue weighted by Gasteiger charge is -2.07. The molecule has 0 radical (unpaired) electrons. The first-order valence-electron chi connectivity index (χ1n) is 8.40. The van der Waals surface area contributed by atoms with Crippen LogP contribution in [0.4, 0.5) is 5.69 Å². The molecular formula is C21H17NO4S2. The van der Waals surface area contributed by atoms with Crippen molar-refractivity contribution in [2.75, 3.05) is 11.9 Å². The van der Waals surface area contributed by atoms with E-state index < -0.39 is 5.97 Å². The average Bonchev–Trinajstić information content (AvgIpc) is 3.38. The van der Waals surface area contributed by atoms with Crippen molar-refractivity contribution in [3.8, 4) is 0 Å². The lowest BCUT2D eigenvalue weighted by Crippen LogP contribution is -2.15. The summed E-state index contributed by atoms with van der Waals surface area (Å²) in [4.78, 5) is 37.7. The molecule has 0 aliphatic rings. The Morgan fingerprint density at radius 1 is 1.00 bits per heavy atom. The van der Waals surface area contributed by atoms with Crippen molar-refractivity contribution in [2.24, 2.45) is 0 Å². The van der Waals surface area contributed by atoms with Crippen molar-refractivity contribution in [3.63, 3.8) is 0 Å². The third kappa shape index (κ3) is 5.25. The summed E-state index contributed by atoms with van der Waals surface area (Å²) in [5.41, 5.74) is 1.42. The van der Waals surface area contributed by atoms with Crippen molar-refractivity contribution in [2.45, 2.75) is 6.92 Å². The number of Topliss-reactive ketones (excluding diaryl/α,β-unsaturated/α-hetero) is 1. The SMILES string of the molecule is CC(=O)Nc1ccc(C(=O)COC(=O)/C(=C/c2cccs2)c2cccs2)cc1. The van der Waals surface area contributed by atoms with Crippen molar-refractivity contribution in [3.05, 3.63) is 74.6 Å². The zero-order chi connectivity index (χ0) is 19.9. The minimum absolute atomic E-state index is 0.188. The normalized spacial score (nSPS) is 11.1. The number of nitrogens with one attached hydrogen (secondary N) is 1. The van der Waals surface area contributed by atoms with E-state index in [1.165, 1.54) is 29.6 Å². The Morgan fingerprint density at radius 2 is 1.71 bits per heavy atom.